The van der Waals surface area contributed by atoms with Crippen molar-refractivity contribution in [1.82, 2.24) is 9.80 Å². The minimum Gasteiger partial charge on any atom is -0.478 e. The summed E-state index contributed by atoms with van der Waals surface area (Å²) in [6.07, 6.45) is 6.94. The minimum absolute atomic E-state index is 0.155. The molecule has 8 nitrogen and oxygen atoms in total. The normalized spacial score (nSPS) is 21.0. The Bertz CT molecular complexity index is 847. The van der Waals surface area contributed by atoms with Crippen LogP contribution >= 0.6 is 23.2 Å². The van der Waals surface area contributed by atoms with Crippen molar-refractivity contribution < 1.29 is 29.7 Å². The lowest BCUT2D eigenvalue weighted by atomic mass is 10.00. The van der Waals surface area contributed by atoms with Crippen LogP contribution in [0.25, 0.3) is 0 Å². The van der Waals surface area contributed by atoms with Gasteiger partial charge in [-0.1, -0.05) is 29.3 Å². The van der Waals surface area contributed by atoms with Gasteiger partial charge in [0.15, 0.2) is 0 Å². The zero-order valence-corrected chi connectivity index (χ0v) is 19.8. The highest BCUT2D eigenvalue weighted by Crippen LogP contribution is 2.26. The summed E-state index contributed by atoms with van der Waals surface area (Å²) in [4.78, 5) is 36.4. The van der Waals surface area contributed by atoms with E-state index in [4.69, 9.17) is 33.4 Å². The Kier molecular flexibility index (Phi) is 11.1. The lowest BCUT2D eigenvalue weighted by Crippen LogP contribution is -2.51. The maximum absolute atomic E-state index is 12.9. The summed E-state index contributed by atoms with van der Waals surface area (Å²) in [5.74, 6) is -2.36. The molecule has 1 amide bonds. The van der Waals surface area contributed by atoms with Crippen LogP contribution in [0.2, 0.25) is 10.0 Å². The number of aliphatic hydroxyl groups excluding tert-OH is 1. The topological polar surface area (TPSA) is 118 Å². The molecule has 0 radical (unpaired) electrons. The fourth-order valence-corrected chi connectivity index (χ4v) is 4.52. The van der Waals surface area contributed by atoms with E-state index in [1.807, 2.05) is 11.0 Å². The first-order chi connectivity index (χ1) is 15.7. The van der Waals surface area contributed by atoms with E-state index in [2.05, 4.69) is 4.90 Å². The van der Waals surface area contributed by atoms with E-state index >= 15 is 0 Å². The number of amides is 1. The molecule has 2 aliphatic rings. The molecular weight excluding hydrogens is 471 g/mol. The molecule has 1 aromatic rings. The van der Waals surface area contributed by atoms with E-state index < -0.39 is 11.9 Å². The van der Waals surface area contributed by atoms with Gasteiger partial charge < -0.3 is 20.2 Å². The molecule has 3 rings (SSSR count). The predicted molar refractivity (Wildman–Crippen MR) is 126 cm³/mol. The Morgan fingerprint density at radius 1 is 0.939 bits per heavy atom. The van der Waals surface area contributed by atoms with Crippen molar-refractivity contribution >= 4 is 41.0 Å². The second-order valence-corrected chi connectivity index (χ2v) is 8.96. The third kappa shape index (κ3) is 8.97. The van der Waals surface area contributed by atoms with Crippen LogP contribution in [-0.2, 0) is 20.8 Å². The monoisotopic (exact) mass is 500 g/mol. The number of nitrogens with zero attached hydrogens (tertiary/aromatic N) is 2. The van der Waals surface area contributed by atoms with Gasteiger partial charge in [-0.3, -0.25) is 9.69 Å². The van der Waals surface area contributed by atoms with Crippen LogP contribution < -0.4 is 0 Å². The van der Waals surface area contributed by atoms with Crippen LogP contribution in [-0.4, -0.2) is 81.3 Å². The first-order valence-corrected chi connectivity index (χ1v) is 11.7. The van der Waals surface area contributed by atoms with Gasteiger partial charge in [-0.25, -0.2) is 9.59 Å². The molecular formula is C23H30Cl2N2O6. The highest BCUT2D eigenvalue weighted by molar-refractivity contribution is 6.42. The first kappa shape index (κ1) is 27.1. The van der Waals surface area contributed by atoms with Crippen molar-refractivity contribution in [1.29, 1.82) is 0 Å². The number of carboxylic acid groups (broad SMARTS) is 2. The molecule has 1 aromatic carbocycles. The molecule has 2 aliphatic heterocycles. The number of aliphatic hydroxyl groups is 1. The molecule has 33 heavy (non-hydrogen) atoms. The van der Waals surface area contributed by atoms with Crippen LogP contribution in [0.5, 0.6) is 0 Å². The Morgan fingerprint density at radius 2 is 1.61 bits per heavy atom. The maximum atomic E-state index is 12.9. The molecule has 2 saturated heterocycles. The molecule has 0 saturated carbocycles. The van der Waals surface area contributed by atoms with Crippen LogP contribution in [0.15, 0.2) is 30.4 Å². The third-order valence-corrected chi connectivity index (χ3v) is 6.55. The molecule has 0 aromatic heterocycles. The number of hydrogen-bond acceptors (Lipinski definition) is 5. The van der Waals surface area contributed by atoms with E-state index in [1.54, 1.807) is 12.1 Å². The third-order valence-electron chi connectivity index (χ3n) is 5.81. The second-order valence-electron chi connectivity index (χ2n) is 8.15. The van der Waals surface area contributed by atoms with Gasteiger partial charge in [0.2, 0.25) is 5.91 Å². The largest absolute Gasteiger partial charge is 0.478 e. The molecule has 0 aliphatic carbocycles. The highest BCUT2D eigenvalue weighted by Gasteiger charge is 2.32. The Hall–Kier alpha value is -2.13. The van der Waals surface area contributed by atoms with Crippen molar-refractivity contribution in [2.24, 2.45) is 0 Å². The van der Waals surface area contributed by atoms with E-state index in [0.717, 1.165) is 50.9 Å². The van der Waals surface area contributed by atoms with Gasteiger partial charge in [0, 0.05) is 37.3 Å². The summed E-state index contributed by atoms with van der Waals surface area (Å²) in [7, 11) is 0. The zero-order chi connectivity index (χ0) is 24.4. The maximum Gasteiger partial charge on any atom is 0.328 e. The predicted octanol–water partition coefficient (Wildman–Crippen LogP) is 3.09. The smallest absolute Gasteiger partial charge is 0.328 e. The highest BCUT2D eigenvalue weighted by atomic mass is 35.5. The molecule has 3 N–H and O–H groups in total. The summed E-state index contributed by atoms with van der Waals surface area (Å²) < 4.78 is 0. The van der Waals surface area contributed by atoms with Crippen molar-refractivity contribution in [3.63, 3.8) is 0 Å². The molecule has 2 fully saturated rings. The van der Waals surface area contributed by atoms with E-state index in [9.17, 15) is 19.5 Å². The number of benzene rings is 1. The molecule has 2 unspecified atom stereocenters. The summed E-state index contributed by atoms with van der Waals surface area (Å²) in [5.41, 5.74) is 0.901. The Labute approximate surface area is 203 Å². The molecule has 0 bridgehead atoms. The minimum atomic E-state index is -1.26. The number of carboxylic acids is 2. The van der Waals surface area contributed by atoms with Crippen LogP contribution in [0, 0.1) is 0 Å². The quantitative estimate of drug-likeness (QED) is 0.492. The molecule has 2 heterocycles. The van der Waals surface area contributed by atoms with Gasteiger partial charge >= 0.3 is 11.9 Å². The van der Waals surface area contributed by atoms with Crippen LogP contribution in [0.1, 0.15) is 37.7 Å². The number of carbonyl (C=O) groups excluding carboxylic acids is 1. The molecule has 0 spiro atoms. The number of likely N-dealkylation sites (tertiary alicyclic amines) is 2. The lowest BCUT2D eigenvalue weighted by Gasteiger charge is -2.39. The average Bonchev–Trinajstić information content (AvgIpc) is 3.23. The summed E-state index contributed by atoms with van der Waals surface area (Å²) in [5, 5.41) is 26.2. The zero-order valence-electron chi connectivity index (χ0n) is 18.3. The van der Waals surface area contributed by atoms with Crippen molar-refractivity contribution in [3.8, 4) is 0 Å². The van der Waals surface area contributed by atoms with Crippen molar-refractivity contribution in [3.05, 3.63) is 46.0 Å². The van der Waals surface area contributed by atoms with Gasteiger partial charge in [0.1, 0.15) is 0 Å². The lowest BCUT2D eigenvalue weighted by molar-refractivity contribution is -0.135. The fraction of sp³-hybridized carbons (Fsp3) is 0.522. The number of aliphatic carboxylic acids is 2. The van der Waals surface area contributed by atoms with Gasteiger partial charge in [0.25, 0.3) is 0 Å². The second kappa shape index (κ2) is 13.5. The van der Waals surface area contributed by atoms with Gasteiger partial charge in [-0.05, 0) is 56.3 Å². The number of carbonyl (C=O) groups is 3. The molecule has 2 atom stereocenters. The Morgan fingerprint density at radius 3 is 2.21 bits per heavy atom. The van der Waals surface area contributed by atoms with Crippen LogP contribution in [0.3, 0.4) is 0 Å². The van der Waals surface area contributed by atoms with E-state index in [0.29, 0.717) is 28.6 Å². The number of hydrogen-bond donors (Lipinski definition) is 3. The standard InChI is InChI=1S/C19H26Cl2N2O2.C4H4O4/c20-17-7-6-14(10-18(17)21)11-19(25)23-9-2-1-4-15(23)12-22-8-3-5-16(22)13-24;5-3(6)1-2-4(7)8/h6-7,10,15-16,24H,1-5,8-9,11-13H2;1-2H,(H,5,6)(H,7,8)/b;2-1-. The number of piperidine rings is 1. The first-order valence-electron chi connectivity index (χ1n) is 10.9. The SMILES string of the molecule is O=C(Cc1ccc(Cl)c(Cl)c1)N1CCCCC1CN1CCCC1CO.O=C(O)/C=C\C(=O)O. The number of rotatable bonds is 7. The fourth-order valence-electron chi connectivity index (χ4n) is 4.20. The van der Waals surface area contributed by atoms with Crippen LogP contribution in [0.4, 0.5) is 0 Å². The Balaban J connectivity index is 0.000000414. The number of halogens is 2. The van der Waals surface area contributed by atoms with Gasteiger partial charge in [-0.15, -0.1) is 0 Å². The summed E-state index contributed by atoms with van der Waals surface area (Å²) >= 11 is 12.0. The molecule has 182 valence electrons. The van der Waals surface area contributed by atoms with Crippen molar-refractivity contribution in [2.45, 2.75) is 50.6 Å². The van der Waals surface area contributed by atoms with Gasteiger partial charge in [-0.2, -0.15) is 0 Å². The summed E-state index contributed by atoms with van der Waals surface area (Å²) in [6.45, 7) is 2.93. The van der Waals surface area contributed by atoms with Crippen molar-refractivity contribution in [2.75, 3.05) is 26.2 Å². The van der Waals surface area contributed by atoms with E-state index in [1.165, 1.54) is 6.42 Å². The average molecular weight is 501 g/mol. The van der Waals surface area contributed by atoms with Gasteiger partial charge in [0.05, 0.1) is 23.1 Å². The van der Waals surface area contributed by atoms with E-state index in [-0.39, 0.29) is 24.6 Å². The summed E-state index contributed by atoms with van der Waals surface area (Å²) in [6, 6.07) is 5.90. The molecule has 10 heteroatoms.